The quantitative estimate of drug-likeness (QED) is 0.587. The highest BCUT2D eigenvalue weighted by Gasteiger charge is 2.13. The van der Waals surface area contributed by atoms with Gasteiger partial charge in [0.15, 0.2) is 11.5 Å². The van der Waals surface area contributed by atoms with Gasteiger partial charge in [0.1, 0.15) is 19.0 Å². The average Bonchev–Trinajstić information content (AvgIpc) is 2.77. The highest BCUT2D eigenvalue weighted by molar-refractivity contribution is 5.78. The maximum atomic E-state index is 13.9. The Bertz CT molecular complexity index is 1020. The van der Waals surface area contributed by atoms with Crippen molar-refractivity contribution in [3.63, 3.8) is 0 Å². The molecule has 0 fully saturated rings. The van der Waals surface area contributed by atoms with E-state index >= 15 is 0 Å². The minimum absolute atomic E-state index is 0.0124. The van der Waals surface area contributed by atoms with Gasteiger partial charge in [-0.15, -0.1) is 0 Å². The average molecular weight is 405 g/mol. The highest BCUT2D eigenvalue weighted by Crippen LogP contribution is 2.30. The Balaban J connectivity index is 1.22. The van der Waals surface area contributed by atoms with Crippen molar-refractivity contribution >= 4 is 5.91 Å². The first-order chi connectivity index (χ1) is 14.7. The first-order valence-electron chi connectivity index (χ1n) is 10.2. The Kier molecular flexibility index (Phi) is 6.28. The lowest BCUT2D eigenvalue weighted by atomic mass is 10.0. The number of fused-ring (bicyclic) bond motifs is 1. The summed E-state index contributed by atoms with van der Waals surface area (Å²) in [6, 6.07) is 20.3. The van der Waals surface area contributed by atoms with Gasteiger partial charge < -0.3 is 14.8 Å². The highest BCUT2D eigenvalue weighted by atomic mass is 19.1. The van der Waals surface area contributed by atoms with Crippen LogP contribution in [0.5, 0.6) is 11.5 Å². The number of aryl methyl sites for hydroxylation is 1. The van der Waals surface area contributed by atoms with E-state index in [-0.39, 0.29) is 11.7 Å². The van der Waals surface area contributed by atoms with Gasteiger partial charge in [-0.2, -0.15) is 0 Å². The molecule has 0 atom stereocenters. The fraction of sp³-hybridized carbons (Fsp3) is 0.240. The number of hydrogen-bond acceptors (Lipinski definition) is 3. The van der Waals surface area contributed by atoms with Gasteiger partial charge in [0.2, 0.25) is 5.91 Å². The van der Waals surface area contributed by atoms with Gasteiger partial charge in [-0.05, 0) is 47.7 Å². The van der Waals surface area contributed by atoms with E-state index in [4.69, 9.17) is 9.47 Å². The van der Waals surface area contributed by atoms with Crippen LogP contribution in [0.1, 0.15) is 17.5 Å². The third-order valence-electron chi connectivity index (χ3n) is 5.07. The fourth-order valence-corrected chi connectivity index (χ4v) is 3.51. The predicted molar refractivity (Wildman–Crippen MR) is 114 cm³/mol. The summed E-state index contributed by atoms with van der Waals surface area (Å²) >= 11 is 0. The maximum Gasteiger partial charge on any atom is 0.224 e. The molecule has 4 nitrogen and oxygen atoms in total. The molecule has 1 amide bonds. The second kappa shape index (κ2) is 9.44. The van der Waals surface area contributed by atoms with E-state index in [0.29, 0.717) is 37.5 Å². The van der Waals surface area contributed by atoms with Crippen LogP contribution < -0.4 is 14.8 Å². The molecule has 154 valence electrons. The molecule has 1 aliphatic rings. The topological polar surface area (TPSA) is 47.6 Å². The zero-order valence-corrected chi connectivity index (χ0v) is 16.7. The third-order valence-corrected chi connectivity index (χ3v) is 5.07. The lowest BCUT2D eigenvalue weighted by molar-refractivity contribution is -0.120. The van der Waals surface area contributed by atoms with E-state index in [2.05, 4.69) is 5.32 Å². The molecule has 1 N–H and O–H groups in total. The molecule has 1 aliphatic heterocycles. The Hall–Kier alpha value is -3.34. The Labute approximate surface area is 175 Å². The monoisotopic (exact) mass is 405 g/mol. The van der Waals surface area contributed by atoms with Gasteiger partial charge in [0.25, 0.3) is 0 Å². The summed E-state index contributed by atoms with van der Waals surface area (Å²) in [6.07, 6.45) is 2.00. The molecule has 3 aromatic rings. The van der Waals surface area contributed by atoms with E-state index in [1.165, 1.54) is 6.07 Å². The summed E-state index contributed by atoms with van der Waals surface area (Å²) in [5.41, 5.74) is 3.54. The zero-order chi connectivity index (χ0) is 20.8. The van der Waals surface area contributed by atoms with E-state index in [0.717, 1.165) is 35.3 Å². The largest absolute Gasteiger partial charge is 0.486 e. The predicted octanol–water partition coefficient (Wildman–Crippen LogP) is 4.56. The molecule has 0 saturated carbocycles. The Morgan fingerprint density at radius 3 is 2.43 bits per heavy atom. The number of rotatable bonds is 7. The van der Waals surface area contributed by atoms with E-state index in [9.17, 15) is 9.18 Å². The van der Waals surface area contributed by atoms with Crippen LogP contribution in [0, 0.1) is 5.82 Å². The zero-order valence-electron chi connectivity index (χ0n) is 16.7. The van der Waals surface area contributed by atoms with Crippen LogP contribution in [0.25, 0.3) is 11.1 Å². The van der Waals surface area contributed by atoms with Crippen molar-refractivity contribution < 1.29 is 18.7 Å². The normalized spacial score (nSPS) is 12.4. The molecular formula is C25H24FNO3. The van der Waals surface area contributed by atoms with E-state index < -0.39 is 0 Å². The molecule has 5 heteroatoms. The van der Waals surface area contributed by atoms with Crippen molar-refractivity contribution in [2.24, 2.45) is 0 Å². The number of hydrogen-bond donors (Lipinski definition) is 1. The van der Waals surface area contributed by atoms with Crippen molar-refractivity contribution in [3.05, 3.63) is 83.7 Å². The molecule has 0 aromatic heterocycles. The lowest BCUT2D eigenvalue weighted by Gasteiger charge is -2.18. The van der Waals surface area contributed by atoms with Crippen LogP contribution in [-0.2, 0) is 17.6 Å². The number of halogens is 1. The van der Waals surface area contributed by atoms with Crippen LogP contribution in [0.3, 0.4) is 0 Å². The van der Waals surface area contributed by atoms with Crippen LogP contribution in [0.4, 0.5) is 4.39 Å². The van der Waals surface area contributed by atoms with E-state index in [1.54, 1.807) is 12.1 Å². The summed E-state index contributed by atoms with van der Waals surface area (Å²) in [6.45, 7) is 1.70. The standard InChI is InChI=1S/C25H24FNO3/c26-22-6-2-1-5-21(22)20-10-7-18(8-11-20)4-3-13-27-25(28)17-19-9-12-23-24(16-19)30-15-14-29-23/h1-2,5-12,16H,3-4,13-15,17H2,(H,27,28). The summed E-state index contributed by atoms with van der Waals surface area (Å²) in [7, 11) is 0. The minimum Gasteiger partial charge on any atom is -0.486 e. The minimum atomic E-state index is -0.217. The fourth-order valence-electron chi connectivity index (χ4n) is 3.51. The number of benzene rings is 3. The number of amides is 1. The molecule has 0 spiro atoms. The van der Waals surface area contributed by atoms with Crippen molar-refractivity contribution in [2.75, 3.05) is 19.8 Å². The van der Waals surface area contributed by atoms with Gasteiger partial charge in [-0.3, -0.25) is 4.79 Å². The van der Waals surface area contributed by atoms with Gasteiger partial charge in [0, 0.05) is 12.1 Å². The first kappa shape index (κ1) is 20.0. The lowest BCUT2D eigenvalue weighted by Crippen LogP contribution is -2.26. The molecule has 1 heterocycles. The molecule has 0 radical (unpaired) electrons. The van der Waals surface area contributed by atoms with Crippen LogP contribution in [0.15, 0.2) is 66.7 Å². The van der Waals surface area contributed by atoms with Crippen molar-refractivity contribution in [3.8, 4) is 22.6 Å². The van der Waals surface area contributed by atoms with Gasteiger partial charge in [-0.1, -0.05) is 48.5 Å². The number of ether oxygens (including phenoxy) is 2. The van der Waals surface area contributed by atoms with Crippen molar-refractivity contribution in [2.45, 2.75) is 19.3 Å². The number of nitrogens with one attached hydrogen (secondary N) is 1. The van der Waals surface area contributed by atoms with Crippen LogP contribution in [-0.4, -0.2) is 25.7 Å². The van der Waals surface area contributed by atoms with E-state index in [1.807, 2.05) is 48.5 Å². The summed E-state index contributed by atoms with van der Waals surface area (Å²) < 4.78 is 24.9. The molecular weight excluding hydrogens is 381 g/mol. The first-order valence-corrected chi connectivity index (χ1v) is 10.2. The number of carbonyl (C=O) groups is 1. The molecule has 0 unspecified atom stereocenters. The molecule has 30 heavy (non-hydrogen) atoms. The van der Waals surface area contributed by atoms with Gasteiger partial charge in [-0.25, -0.2) is 4.39 Å². The maximum absolute atomic E-state index is 13.9. The molecule has 0 bridgehead atoms. The summed E-state index contributed by atoms with van der Waals surface area (Å²) in [5.74, 6) is 1.20. The van der Waals surface area contributed by atoms with Crippen molar-refractivity contribution in [1.82, 2.24) is 5.32 Å². The molecule has 3 aromatic carbocycles. The smallest absolute Gasteiger partial charge is 0.224 e. The summed E-state index contributed by atoms with van der Waals surface area (Å²) in [5, 5.41) is 2.97. The Morgan fingerprint density at radius 2 is 1.63 bits per heavy atom. The van der Waals surface area contributed by atoms with Crippen LogP contribution in [0.2, 0.25) is 0 Å². The van der Waals surface area contributed by atoms with Crippen molar-refractivity contribution in [1.29, 1.82) is 0 Å². The third kappa shape index (κ3) is 4.98. The summed E-state index contributed by atoms with van der Waals surface area (Å²) in [4.78, 5) is 12.2. The molecule has 0 aliphatic carbocycles. The van der Waals surface area contributed by atoms with Crippen LogP contribution >= 0.6 is 0 Å². The Morgan fingerprint density at radius 1 is 0.900 bits per heavy atom. The van der Waals surface area contributed by atoms with Gasteiger partial charge in [0.05, 0.1) is 6.42 Å². The molecule has 0 saturated heterocycles. The number of carbonyl (C=O) groups excluding carboxylic acids is 1. The SMILES string of the molecule is O=C(Cc1ccc2c(c1)OCCO2)NCCCc1ccc(-c2ccccc2F)cc1. The molecule has 4 rings (SSSR count). The van der Waals surface area contributed by atoms with Gasteiger partial charge >= 0.3 is 0 Å². The second-order valence-electron chi connectivity index (χ2n) is 7.29. The second-order valence-corrected chi connectivity index (χ2v) is 7.29.